The zero-order valence-electron chi connectivity index (χ0n) is 24.8. The first-order chi connectivity index (χ1) is 20.0. The number of aryl methyl sites for hydroxylation is 1. The molecule has 3 amide bonds. The number of aromatic nitrogens is 1. The Morgan fingerprint density at radius 3 is 2.33 bits per heavy atom. The molecule has 12 heteroatoms. The molecule has 2 heterocycles. The SMILES string of the molecule is Cc1ncsc1-c1ccc(CNC(=O)[C@@H]2CCCN2C(=O)[C@@H](NC(=O)CCOCCOCCC(=O)O)C(C)(C)C)cc1. The third kappa shape index (κ3) is 9.88. The summed E-state index contributed by atoms with van der Waals surface area (Å²) < 4.78 is 10.5. The van der Waals surface area contributed by atoms with E-state index in [9.17, 15) is 19.2 Å². The van der Waals surface area contributed by atoms with Gasteiger partial charge in [0.15, 0.2) is 0 Å². The van der Waals surface area contributed by atoms with Gasteiger partial charge in [0.25, 0.3) is 0 Å². The molecule has 42 heavy (non-hydrogen) atoms. The van der Waals surface area contributed by atoms with Crippen LogP contribution >= 0.6 is 11.3 Å². The van der Waals surface area contributed by atoms with Gasteiger partial charge >= 0.3 is 5.97 Å². The summed E-state index contributed by atoms with van der Waals surface area (Å²) in [6.45, 7) is 9.12. The Balaban J connectivity index is 1.49. The maximum absolute atomic E-state index is 13.7. The van der Waals surface area contributed by atoms with Crippen LogP contribution in [0.5, 0.6) is 0 Å². The smallest absolute Gasteiger partial charge is 0.305 e. The lowest BCUT2D eigenvalue weighted by Gasteiger charge is -2.35. The fraction of sp³-hybridized carbons (Fsp3) is 0.567. The van der Waals surface area contributed by atoms with Gasteiger partial charge in [-0.25, -0.2) is 4.98 Å². The molecule has 3 rings (SSSR count). The average Bonchev–Trinajstić information content (AvgIpc) is 3.60. The number of nitrogens with zero attached hydrogens (tertiary/aromatic N) is 2. The van der Waals surface area contributed by atoms with Gasteiger partial charge in [-0.2, -0.15) is 0 Å². The molecule has 1 saturated heterocycles. The fourth-order valence-corrected chi connectivity index (χ4v) is 5.47. The molecule has 2 aromatic rings. The van der Waals surface area contributed by atoms with Gasteiger partial charge in [0.1, 0.15) is 12.1 Å². The number of carbonyl (C=O) groups excluding carboxylic acids is 3. The van der Waals surface area contributed by atoms with E-state index in [-0.39, 0.29) is 57.0 Å². The number of hydrogen-bond donors (Lipinski definition) is 3. The van der Waals surface area contributed by atoms with Crippen molar-refractivity contribution in [1.29, 1.82) is 0 Å². The van der Waals surface area contributed by atoms with Crippen molar-refractivity contribution in [1.82, 2.24) is 20.5 Å². The van der Waals surface area contributed by atoms with Crippen molar-refractivity contribution < 1.29 is 33.8 Å². The summed E-state index contributed by atoms with van der Waals surface area (Å²) in [7, 11) is 0. The van der Waals surface area contributed by atoms with Gasteiger partial charge < -0.3 is 30.1 Å². The Hall–Kier alpha value is -3.35. The molecule has 1 aliphatic rings. The monoisotopic (exact) mass is 602 g/mol. The van der Waals surface area contributed by atoms with Crippen molar-refractivity contribution in [3.05, 3.63) is 41.0 Å². The number of benzene rings is 1. The summed E-state index contributed by atoms with van der Waals surface area (Å²) in [6.07, 6.45) is 1.25. The predicted octanol–water partition coefficient (Wildman–Crippen LogP) is 3.15. The van der Waals surface area contributed by atoms with Crippen LogP contribution < -0.4 is 10.6 Å². The van der Waals surface area contributed by atoms with E-state index < -0.39 is 23.5 Å². The fourth-order valence-electron chi connectivity index (χ4n) is 4.66. The molecule has 2 atom stereocenters. The quantitative estimate of drug-likeness (QED) is 0.264. The van der Waals surface area contributed by atoms with Crippen LogP contribution in [0.25, 0.3) is 10.4 Å². The topological polar surface area (TPSA) is 147 Å². The maximum Gasteiger partial charge on any atom is 0.305 e. The Labute approximate surface area is 251 Å². The number of carbonyl (C=O) groups is 4. The molecule has 0 radical (unpaired) electrons. The van der Waals surface area contributed by atoms with Gasteiger partial charge in [-0.05, 0) is 36.3 Å². The van der Waals surface area contributed by atoms with Gasteiger partial charge in [0.05, 0.1) is 48.9 Å². The summed E-state index contributed by atoms with van der Waals surface area (Å²) in [6, 6.07) is 6.60. The van der Waals surface area contributed by atoms with Crippen LogP contribution in [0.1, 0.15) is 57.7 Å². The standard InChI is InChI=1S/C30H42N4O7S/c1-20-26(42-19-32-20)22-9-7-21(8-10-22)18-31-28(38)23-6-5-13-34(23)29(39)27(30(2,3)4)33-24(35)11-14-40-16-17-41-15-12-25(36)37/h7-10,19,23,27H,5-6,11-18H2,1-4H3,(H,31,38)(H,33,35)(H,36,37)/t23-,27+/m0/s1. The lowest BCUT2D eigenvalue weighted by Crippen LogP contribution is -2.57. The minimum Gasteiger partial charge on any atom is -0.481 e. The van der Waals surface area contributed by atoms with Crippen molar-refractivity contribution in [3.8, 4) is 10.4 Å². The Kier molecular flexibility index (Phi) is 12.4. The predicted molar refractivity (Wildman–Crippen MR) is 159 cm³/mol. The van der Waals surface area contributed by atoms with Crippen LogP contribution in [0.3, 0.4) is 0 Å². The number of aliphatic carboxylic acids is 1. The summed E-state index contributed by atoms with van der Waals surface area (Å²) >= 11 is 1.59. The molecule has 230 valence electrons. The van der Waals surface area contributed by atoms with Crippen molar-refractivity contribution >= 4 is 35.0 Å². The highest BCUT2D eigenvalue weighted by Gasteiger charge is 2.41. The second-order valence-corrected chi connectivity index (χ2v) is 12.2. The third-order valence-corrected chi connectivity index (χ3v) is 7.97. The van der Waals surface area contributed by atoms with E-state index in [4.69, 9.17) is 14.6 Å². The number of likely N-dealkylation sites (tertiary alicyclic amines) is 1. The average molecular weight is 603 g/mol. The first-order valence-electron chi connectivity index (χ1n) is 14.2. The van der Waals surface area contributed by atoms with Crippen LogP contribution in [0.4, 0.5) is 0 Å². The lowest BCUT2D eigenvalue weighted by molar-refractivity contribution is -0.144. The van der Waals surface area contributed by atoms with E-state index in [0.717, 1.165) is 21.7 Å². The van der Waals surface area contributed by atoms with Crippen molar-refractivity contribution in [2.45, 2.75) is 72.0 Å². The number of nitrogens with one attached hydrogen (secondary N) is 2. The largest absolute Gasteiger partial charge is 0.481 e. The molecule has 3 N–H and O–H groups in total. The van der Waals surface area contributed by atoms with Crippen molar-refractivity contribution in [2.24, 2.45) is 5.41 Å². The molecular weight excluding hydrogens is 560 g/mol. The van der Waals surface area contributed by atoms with E-state index in [0.29, 0.717) is 25.9 Å². The highest BCUT2D eigenvalue weighted by Crippen LogP contribution is 2.28. The molecule has 1 aromatic heterocycles. The zero-order chi connectivity index (χ0) is 30.7. The van der Waals surface area contributed by atoms with E-state index in [1.54, 1.807) is 16.2 Å². The summed E-state index contributed by atoms with van der Waals surface area (Å²) in [5.41, 5.74) is 4.28. The number of amides is 3. The Morgan fingerprint density at radius 2 is 1.74 bits per heavy atom. The Bertz CT molecular complexity index is 1210. The van der Waals surface area contributed by atoms with Crippen LogP contribution in [0, 0.1) is 12.3 Å². The first-order valence-corrected chi connectivity index (χ1v) is 15.1. The molecule has 0 saturated carbocycles. The molecule has 1 fully saturated rings. The highest BCUT2D eigenvalue weighted by molar-refractivity contribution is 7.13. The van der Waals surface area contributed by atoms with Crippen LogP contribution in [0.2, 0.25) is 0 Å². The molecule has 1 aliphatic heterocycles. The van der Waals surface area contributed by atoms with Crippen molar-refractivity contribution in [3.63, 3.8) is 0 Å². The molecule has 0 unspecified atom stereocenters. The van der Waals surface area contributed by atoms with Crippen molar-refractivity contribution in [2.75, 3.05) is 33.0 Å². The number of rotatable bonds is 15. The second-order valence-electron chi connectivity index (χ2n) is 11.4. The highest BCUT2D eigenvalue weighted by atomic mass is 32.1. The minimum atomic E-state index is -0.930. The number of thiazole rings is 1. The molecular formula is C30H42N4O7S. The van der Waals surface area contributed by atoms with E-state index in [2.05, 4.69) is 15.6 Å². The summed E-state index contributed by atoms with van der Waals surface area (Å²) in [5, 5.41) is 14.4. The molecule has 0 bridgehead atoms. The van der Waals surface area contributed by atoms with Gasteiger partial charge in [0.2, 0.25) is 17.7 Å². The van der Waals surface area contributed by atoms with Gasteiger partial charge in [0, 0.05) is 19.5 Å². The normalized spacial score (nSPS) is 15.8. The van der Waals surface area contributed by atoms with Gasteiger partial charge in [-0.1, -0.05) is 45.0 Å². The molecule has 1 aromatic carbocycles. The first kappa shape index (κ1) is 33.2. The number of hydrogen-bond acceptors (Lipinski definition) is 8. The second kappa shape index (κ2) is 15.8. The number of carboxylic acids is 1. The number of carboxylic acid groups (broad SMARTS) is 1. The maximum atomic E-state index is 13.7. The minimum absolute atomic E-state index is 0.0558. The lowest BCUT2D eigenvalue weighted by atomic mass is 9.85. The molecule has 0 spiro atoms. The van der Waals surface area contributed by atoms with Gasteiger partial charge in [-0.15, -0.1) is 11.3 Å². The number of ether oxygens (including phenoxy) is 2. The van der Waals surface area contributed by atoms with Crippen LogP contribution in [-0.2, 0) is 35.2 Å². The summed E-state index contributed by atoms with van der Waals surface area (Å²) in [5.74, 6) is -1.74. The van der Waals surface area contributed by atoms with Crippen LogP contribution in [-0.4, -0.2) is 83.7 Å². The molecule has 0 aliphatic carbocycles. The van der Waals surface area contributed by atoms with Crippen LogP contribution in [0.15, 0.2) is 29.8 Å². The Morgan fingerprint density at radius 1 is 1.07 bits per heavy atom. The van der Waals surface area contributed by atoms with Gasteiger partial charge in [-0.3, -0.25) is 19.2 Å². The summed E-state index contributed by atoms with van der Waals surface area (Å²) in [4.78, 5) is 57.0. The molecule has 11 nitrogen and oxygen atoms in total. The third-order valence-electron chi connectivity index (χ3n) is 6.99. The van der Waals surface area contributed by atoms with E-state index in [1.165, 1.54) is 0 Å². The van der Waals surface area contributed by atoms with E-state index >= 15 is 0 Å². The van der Waals surface area contributed by atoms with E-state index in [1.807, 2.05) is 57.5 Å². The zero-order valence-corrected chi connectivity index (χ0v) is 25.6.